The Morgan fingerprint density at radius 1 is 1.25 bits per heavy atom. The van der Waals surface area contributed by atoms with Crippen molar-refractivity contribution in [2.24, 2.45) is 0 Å². The maximum absolute atomic E-state index is 12.3. The molecular formula is C13H10Cl2N4O2S3. The normalized spacial score (nSPS) is 11.6. The molecule has 0 radical (unpaired) electrons. The fraction of sp³-hybridized carbons (Fsp3) is 0.0769. The number of aromatic nitrogens is 3. The van der Waals surface area contributed by atoms with E-state index in [1.54, 1.807) is 0 Å². The molecule has 0 unspecified atom stereocenters. The number of hydrogen-bond donors (Lipinski definition) is 2. The molecule has 0 aliphatic heterocycles. The number of benzene rings is 1. The highest BCUT2D eigenvalue weighted by atomic mass is 35.5. The van der Waals surface area contributed by atoms with Crippen LogP contribution in [0.15, 0.2) is 46.5 Å². The van der Waals surface area contributed by atoms with Crippen molar-refractivity contribution in [2.45, 2.75) is 15.8 Å². The van der Waals surface area contributed by atoms with Crippen LogP contribution >= 0.6 is 46.3 Å². The van der Waals surface area contributed by atoms with Gasteiger partial charge in [0.05, 0.1) is 4.34 Å². The zero-order valence-corrected chi connectivity index (χ0v) is 15.8. The Morgan fingerprint density at radius 3 is 2.67 bits per heavy atom. The largest absolute Gasteiger partial charge is 0.266 e. The molecule has 24 heavy (non-hydrogen) atoms. The molecule has 3 aromatic rings. The summed E-state index contributed by atoms with van der Waals surface area (Å²) in [7, 11) is -3.88. The van der Waals surface area contributed by atoms with Gasteiger partial charge >= 0.3 is 0 Å². The lowest BCUT2D eigenvalue weighted by atomic mass is 10.2. The Bertz CT molecular complexity index is 941. The lowest BCUT2D eigenvalue weighted by Gasteiger charge is -2.02. The number of thiophene rings is 1. The first-order valence-electron chi connectivity index (χ1n) is 6.51. The lowest BCUT2D eigenvalue weighted by molar-refractivity contribution is 0.601. The first kappa shape index (κ1) is 17.6. The molecule has 0 atom stereocenters. The lowest BCUT2D eigenvalue weighted by Crippen LogP contribution is -2.13. The molecule has 2 heterocycles. The van der Waals surface area contributed by atoms with Crippen LogP contribution in [0, 0.1) is 0 Å². The number of thioether (sulfide) groups is 1. The fourth-order valence-electron chi connectivity index (χ4n) is 1.77. The van der Waals surface area contributed by atoms with Gasteiger partial charge < -0.3 is 0 Å². The number of hydrogen-bond acceptors (Lipinski definition) is 6. The van der Waals surface area contributed by atoms with Crippen LogP contribution in [-0.2, 0) is 15.8 Å². The molecule has 2 aromatic heterocycles. The number of H-pyrrole nitrogens is 1. The summed E-state index contributed by atoms with van der Waals surface area (Å²) in [6.07, 6.45) is 0. The summed E-state index contributed by atoms with van der Waals surface area (Å²) in [4.78, 5) is 4.02. The summed E-state index contributed by atoms with van der Waals surface area (Å²) in [5.74, 6) is 0.695. The minimum absolute atomic E-state index is 0.0175. The summed E-state index contributed by atoms with van der Waals surface area (Å²) < 4.78 is 27.2. The maximum Gasteiger partial charge on any atom is 0.266 e. The summed E-state index contributed by atoms with van der Waals surface area (Å²) in [6.45, 7) is 0. The molecule has 0 aliphatic carbocycles. The number of aromatic amines is 1. The monoisotopic (exact) mass is 420 g/mol. The van der Waals surface area contributed by atoms with Gasteiger partial charge in [-0.1, -0.05) is 65.3 Å². The van der Waals surface area contributed by atoms with Gasteiger partial charge in [0.2, 0.25) is 11.1 Å². The van der Waals surface area contributed by atoms with E-state index in [-0.39, 0.29) is 19.5 Å². The standard InChI is InChI=1S/C13H10Cl2N4O2S3/c14-10-6-9(11(15)23-10)24(20,21)19-12-16-13(18-17-12)22-7-8-4-2-1-3-5-8/h1-6H,7H2,(H2,16,17,18,19). The molecule has 0 bridgehead atoms. The number of anilines is 1. The number of sulfonamides is 1. The fourth-order valence-corrected chi connectivity index (χ4v) is 5.63. The molecule has 1 aromatic carbocycles. The van der Waals surface area contributed by atoms with E-state index in [1.165, 1.54) is 17.8 Å². The maximum atomic E-state index is 12.3. The van der Waals surface area contributed by atoms with Crippen LogP contribution in [0.5, 0.6) is 0 Å². The zero-order chi connectivity index (χ0) is 17.2. The van der Waals surface area contributed by atoms with Crippen molar-refractivity contribution >= 4 is 62.3 Å². The molecular weight excluding hydrogens is 411 g/mol. The Hall–Kier alpha value is -1.26. The third-order valence-corrected chi connectivity index (χ3v) is 6.83. The molecule has 11 heteroatoms. The second-order valence-corrected chi connectivity index (χ2v) is 9.41. The molecule has 3 rings (SSSR count). The van der Waals surface area contributed by atoms with Crippen molar-refractivity contribution in [3.63, 3.8) is 0 Å². The van der Waals surface area contributed by atoms with Crippen LogP contribution in [0.1, 0.15) is 5.56 Å². The average molecular weight is 421 g/mol. The van der Waals surface area contributed by atoms with Gasteiger partial charge in [0.25, 0.3) is 10.0 Å². The molecule has 0 saturated heterocycles. The molecule has 0 aliphatic rings. The highest BCUT2D eigenvalue weighted by Crippen LogP contribution is 2.34. The second-order valence-electron chi connectivity index (χ2n) is 4.53. The van der Waals surface area contributed by atoms with Crippen molar-refractivity contribution < 1.29 is 8.42 Å². The van der Waals surface area contributed by atoms with Crippen LogP contribution in [0.4, 0.5) is 5.95 Å². The predicted molar refractivity (Wildman–Crippen MR) is 97.5 cm³/mol. The first-order chi connectivity index (χ1) is 11.4. The third kappa shape index (κ3) is 4.22. The molecule has 0 spiro atoms. The van der Waals surface area contributed by atoms with Crippen molar-refractivity contribution in [2.75, 3.05) is 4.72 Å². The van der Waals surface area contributed by atoms with Crippen molar-refractivity contribution in [3.8, 4) is 0 Å². The van der Waals surface area contributed by atoms with Gasteiger partial charge in [-0.25, -0.2) is 18.2 Å². The average Bonchev–Trinajstić information content (AvgIpc) is 3.12. The number of nitrogens with one attached hydrogen (secondary N) is 2. The van der Waals surface area contributed by atoms with Crippen molar-refractivity contribution in [1.29, 1.82) is 0 Å². The van der Waals surface area contributed by atoms with Crippen LogP contribution in [0.3, 0.4) is 0 Å². The highest BCUT2D eigenvalue weighted by molar-refractivity contribution is 7.98. The first-order valence-corrected chi connectivity index (χ1v) is 10.5. The molecule has 0 amide bonds. The van der Waals surface area contributed by atoms with Crippen molar-refractivity contribution in [3.05, 3.63) is 50.6 Å². The van der Waals surface area contributed by atoms with E-state index in [0.717, 1.165) is 16.9 Å². The summed E-state index contributed by atoms with van der Waals surface area (Å²) >= 11 is 14.0. The zero-order valence-electron chi connectivity index (χ0n) is 11.9. The molecule has 6 nitrogen and oxygen atoms in total. The number of halogens is 2. The van der Waals surface area contributed by atoms with E-state index in [9.17, 15) is 8.42 Å². The van der Waals surface area contributed by atoms with Gasteiger partial charge in [0.1, 0.15) is 9.23 Å². The van der Waals surface area contributed by atoms with Crippen LogP contribution < -0.4 is 4.72 Å². The van der Waals surface area contributed by atoms with Gasteiger partial charge in [-0.15, -0.1) is 16.4 Å². The van der Waals surface area contributed by atoms with E-state index in [0.29, 0.717) is 10.9 Å². The van der Waals surface area contributed by atoms with E-state index >= 15 is 0 Å². The second kappa shape index (κ2) is 7.32. The van der Waals surface area contributed by atoms with Gasteiger partial charge in [-0.05, 0) is 11.6 Å². The Labute approximate surface area is 156 Å². The molecule has 2 N–H and O–H groups in total. The van der Waals surface area contributed by atoms with Crippen molar-refractivity contribution in [1.82, 2.24) is 15.2 Å². The smallest absolute Gasteiger partial charge is 0.247 e. The predicted octanol–water partition coefficient (Wildman–Crippen LogP) is 4.27. The third-order valence-electron chi connectivity index (χ3n) is 2.82. The van der Waals surface area contributed by atoms with Gasteiger partial charge in [0.15, 0.2) is 0 Å². The molecule has 0 fully saturated rings. The Balaban J connectivity index is 1.68. The number of rotatable bonds is 6. The van der Waals surface area contributed by atoms with Gasteiger partial charge in [-0.2, -0.15) is 4.98 Å². The topological polar surface area (TPSA) is 87.7 Å². The summed E-state index contributed by atoms with van der Waals surface area (Å²) in [5, 5.41) is 6.97. The van der Waals surface area contributed by atoms with Crippen LogP contribution in [-0.4, -0.2) is 23.6 Å². The summed E-state index contributed by atoms with van der Waals surface area (Å²) in [6, 6.07) is 11.1. The minimum atomic E-state index is -3.88. The minimum Gasteiger partial charge on any atom is -0.247 e. The van der Waals surface area contributed by atoms with E-state index in [2.05, 4.69) is 19.9 Å². The SMILES string of the molecule is O=S(=O)(Nc1nc(SCc2ccccc2)n[nH]1)c1cc(Cl)sc1Cl. The Morgan fingerprint density at radius 2 is 2.00 bits per heavy atom. The highest BCUT2D eigenvalue weighted by Gasteiger charge is 2.22. The Kier molecular flexibility index (Phi) is 5.36. The quantitative estimate of drug-likeness (QED) is 0.581. The van der Waals surface area contributed by atoms with Gasteiger partial charge in [-0.3, -0.25) is 0 Å². The molecule has 0 saturated carbocycles. The van der Waals surface area contributed by atoms with Gasteiger partial charge in [0, 0.05) is 5.75 Å². The van der Waals surface area contributed by atoms with E-state index in [4.69, 9.17) is 23.2 Å². The van der Waals surface area contributed by atoms with E-state index < -0.39 is 10.0 Å². The van der Waals surface area contributed by atoms with E-state index in [1.807, 2.05) is 30.3 Å². The summed E-state index contributed by atoms with van der Waals surface area (Å²) in [5.41, 5.74) is 1.12. The number of nitrogens with zero attached hydrogens (tertiary/aromatic N) is 2. The van der Waals surface area contributed by atoms with Crippen LogP contribution in [0.2, 0.25) is 8.67 Å². The molecule has 126 valence electrons. The van der Waals surface area contributed by atoms with Crippen LogP contribution in [0.25, 0.3) is 0 Å².